The zero-order chi connectivity index (χ0) is 12.0. The normalized spacial score (nSPS) is 26.5. The number of carboxylic acids is 1. The van der Waals surface area contributed by atoms with Gasteiger partial charge in [-0.3, -0.25) is 0 Å². The van der Waals surface area contributed by atoms with E-state index in [-0.39, 0.29) is 6.54 Å². The predicted octanol–water partition coefficient (Wildman–Crippen LogP) is 0.830. The zero-order valence-corrected chi connectivity index (χ0v) is 9.89. The molecule has 0 radical (unpaired) electrons. The second-order valence-corrected chi connectivity index (χ2v) is 5.57. The number of urea groups is 1. The molecule has 0 aromatic carbocycles. The van der Waals surface area contributed by atoms with Gasteiger partial charge < -0.3 is 15.7 Å². The fourth-order valence-corrected chi connectivity index (χ4v) is 3.81. The first-order chi connectivity index (χ1) is 8.12. The summed E-state index contributed by atoms with van der Waals surface area (Å²) in [4.78, 5) is 24.7. The monoisotopic (exact) mass is 252 g/mol. The molecule has 90 valence electrons. The van der Waals surface area contributed by atoms with E-state index in [0.717, 1.165) is 24.1 Å². The van der Waals surface area contributed by atoms with Gasteiger partial charge in [-0.25, -0.2) is 9.59 Å². The average Bonchev–Trinajstić information content (AvgIpc) is 2.89. The Morgan fingerprint density at radius 3 is 2.88 bits per heavy atom. The van der Waals surface area contributed by atoms with E-state index in [1.165, 1.54) is 21.8 Å². The van der Waals surface area contributed by atoms with Gasteiger partial charge in [-0.15, -0.1) is 11.3 Å². The Morgan fingerprint density at radius 1 is 1.47 bits per heavy atom. The van der Waals surface area contributed by atoms with Crippen LogP contribution < -0.4 is 10.6 Å². The fraction of sp³-hybridized carbons (Fsp3) is 0.455. The minimum absolute atomic E-state index is 0.112. The van der Waals surface area contributed by atoms with Crippen molar-refractivity contribution in [3.8, 4) is 0 Å². The molecule has 0 saturated carbocycles. The molecule has 17 heavy (non-hydrogen) atoms. The Morgan fingerprint density at radius 2 is 2.29 bits per heavy atom. The van der Waals surface area contributed by atoms with Crippen molar-refractivity contribution in [2.24, 2.45) is 0 Å². The molecular weight excluding hydrogens is 240 g/mol. The van der Waals surface area contributed by atoms with Crippen LogP contribution in [0.15, 0.2) is 6.07 Å². The van der Waals surface area contributed by atoms with E-state index in [0.29, 0.717) is 0 Å². The molecule has 2 amide bonds. The van der Waals surface area contributed by atoms with Crippen LogP contribution in [0.5, 0.6) is 0 Å². The molecule has 3 N–H and O–H groups in total. The van der Waals surface area contributed by atoms with Crippen molar-refractivity contribution in [3.05, 3.63) is 21.4 Å². The van der Waals surface area contributed by atoms with Gasteiger partial charge in [0.25, 0.3) is 0 Å². The number of carbonyl (C=O) groups excluding carboxylic acids is 1. The number of nitrogens with one attached hydrogen (secondary N) is 2. The summed E-state index contributed by atoms with van der Waals surface area (Å²) in [7, 11) is 0. The molecule has 1 unspecified atom stereocenters. The van der Waals surface area contributed by atoms with E-state index >= 15 is 0 Å². The van der Waals surface area contributed by atoms with Gasteiger partial charge >= 0.3 is 12.0 Å². The molecule has 1 aromatic heterocycles. The van der Waals surface area contributed by atoms with Crippen molar-refractivity contribution >= 4 is 23.3 Å². The molecular formula is C11H12N2O3S. The maximum absolute atomic E-state index is 11.4. The largest absolute Gasteiger partial charge is 0.479 e. The minimum atomic E-state index is -1.27. The van der Waals surface area contributed by atoms with Crippen LogP contribution in [-0.2, 0) is 23.2 Å². The highest BCUT2D eigenvalue weighted by molar-refractivity contribution is 7.12. The number of carboxylic acid groups (broad SMARTS) is 1. The van der Waals surface area contributed by atoms with E-state index in [9.17, 15) is 14.7 Å². The van der Waals surface area contributed by atoms with Crippen LogP contribution in [-0.4, -0.2) is 23.7 Å². The Labute approximate surface area is 102 Å². The number of carbonyl (C=O) groups is 2. The maximum atomic E-state index is 11.4. The number of aryl methyl sites for hydroxylation is 2. The van der Waals surface area contributed by atoms with E-state index < -0.39 is 17.5 Å². The maximum Gasteiger partial charge on any atom is 0.336 e. The number of hydrogen-bond acceptors (Lipinski definition) is 3. The Hall–Kier alpha value is -1.56. The van der Waals surface area contributed by atoms with Gasteiger partial charge in [-0.2, -0.15) is 0 Å². The first-order valence-electron chi connectivity index (χ1n) is 5.53. The number of fused-ring (bicyclic) bond motifs is 1. The van der Waals surface area contributed by atoms with Crippen LogP contribution >= 0.6 is 11.3 Å². The lowest BCUT2D eigenvalue weighted by atomic mass is 9.98. The summed E-state index contributed by atoms with van der Waals surface area (Å²) in [6.07, 6.45) is 3.19. The number of thiophene rings is 1. The van der Waals surface area contributed by atoms with Crippen molar-refractivity contribution < 1.29 is 14.7 Å². The van der Waals surface area contributed by atoms with Crippen molar-refractivity contribution in [1.29, 1.82) is 0 Å². The first kappa shape index (κ1) is 10.6. The lowest BCUT2D eigenvalue weighted by Gasteiger charge is -2.21. The molecule has 0 spiro atoms. The summed E-state index contributed by atoms with van der Waals surface area (Å²) < 4.78 is 0. The third-order valence-electron chi connectivity index (χ3n) is 3.37. The lowest BCUT2D eigenvalue weighted by molar-refractivity contribution is -0.143. The van der Waals surface area contributed by atoms with Crippen molar-refractivity contribution in [1.82, 2.24) is 10.6 Å². The molecule has 0 bridgehead atoms. The molecule has 1 aliphatic carbocycles. The summed E-state index contributed by atoms with van der Waals surface area (Å²) in [6, 6.07) is 1.52. The molecule has 1 aliphatic heterocycles. The summed E-state index contributed by atoms with van der Waals surface area (Å²) in [5, 5.41) is 14.4. The molecule has 1 atom stereocenters. The van der Waals surface area contributed by atoms with Crippen LogP contribution in [0.3, 0.4) is 0 Å². The SMILES string of the molecule is O=C1NCC(C(=O)O)(c2cc3c(s2)CCC3)N1. The Bertz CT molecular complexity index is 489. The highest BCUT2D eigenvalue weighted by Crippen LogP contribution is 2.37. The molecule has 3 rings (SSSR count). The van der Waals surface area contributed by atoms with Gasteiger partial charge in [0.2, 0.25) is 0 Å². The van der Waals surface area contributed by atoms with Crippen molar-refractivity contribution in [2.45, 2.75) is 24.8 Å². The molecule has 1 aromatic rings. The summed E-state index contributed by atoms with van der Waals surface area (Å²) in [5.41, 5.74) is -0.0294. The average molecular weight is 252 g/mol. The molecule has 5 nitrogen and oxygen atoms in total. The highest BCUT2D eigenvalue weighted by atomic mass is 32.1. The van der Waals surface area contributed by atoms with E-state index in [2.05, 4.69) is 10.6 Å². The van der Waals surface area contributed by atoms with Gasteiger partial charge in [0, 0.05) is 9.75 Å². The van der Waals surface area contributed by atoms with Gasteiger partial charge in [0.05, 0.1) is 6.54 Å². The molecule has 6 heteroatoms. The Kier molecular flexibility index (Phi) is 2.16. The van der Waals surface area contributed by atoms with Crippen LogP contribution in [0.4, 0.5) is 4.79 Å². The van der Waals surface area contributed by atoms with Gasteiger partial charge in [-0.05, 0) is 30.9 Å². The molecule has 1 saturated heterocycles. The number of amides is 2. The van der Waals surface area contributed by atoms with Crippen LogP contribution in [0.1, 0.15) is 21.7 Å². The summed E-state index contributed by atoms with van der Waals surface area (Å²) >= 11 is 1.51. The second kappa shape index (κ2) is 3.46. The first-order valence-corrected chi connectivity index (χ1v) is 6.35. The number of aliphatic carboxylic acids is 1. The van der Waals surface area contributed by atoms with Crippen LogP contribution in [0.2, 0.25) is 0 Å². The third-order valence-corrected chi connectivity index (χ3v) is 4.77. The Balaban J connectivity index is 2.04. The van der Waals surface area contributed by atoms with Crippen molar-refractivity contribution in [3.63, 3.8) is 0 Å². The predicted molar refractivity (Wildman–Crippen MR) is 62.2 cm³/mol. The molecule has 1 fully saturated rings. The smallest absolute Gasteiger partial charge is 0.336 e. The zero-order valence-electron chi connectivity index (χ0n) is 9.08. The van der Waals surface area contributed by atoms with Crippen molar-refractivity contribution in [2.75, 3.05) is 6.54 Å². The minimum Gasteiger partial charge on any atom is -0.479 e. The van der Waals surface area contributed by atoms with E-state index in [1.807, 2.05) is 6.07 Å². The third kappa shape index (κ3) is 1.44. The summed E-state index contributed by atoms with van der Waals surface area (Å²) in [5.74, 6) is -1.00. The number of hydrogen-bond donors (Lipinski definition) is 3. The highest BCUT2D eigenvalue weighted by Gasteiger charge is 2.48. The van der Waals surface area contributed by atoms with Crippen LogP contribution in [0, 0.1) is 0 Å². The quantitative estimate of drug-likeness (QED) is 0.729. The van der Waals surface area contributed by atoms with E-state index in [4.69, 9.17) is 0 Å². The number of rotatable bonds is 2. The standard InChI is InChI=1S/C11H12N2O3S/c14-9(15)11(5-12-10(16)13-11)8-4-6-2-1-3-7(6)17-8/h4H,1-3,5H2,(H,14,15)(H2,12,13,16). The van der Waals surface area contributed by atoms with Gasteiger partial charge in [0.1, 0.15) is 0 Å². The fourth-order valence-electron chi connectivity index (χ4n) is 2.42. The van der Waals surface area contributed by atoms with E-state index in [1.54, 1.807) is 0 Å². The van der Waals surface area contributed by atoms with Crippen LogP contribution in [0.25, 0.3) is 0 Å². The summed E-state index contributed by atoms with van der Waals surface area (Å²) in [6.45, 7) is 0.112. The topological polar surface area (TPSA) is 78.4 Å². The lowest BCUT2D eigenvalue weighted by Crippen LogP contribution is -2.47. The second-order valence-electron chi connectivity index (χ2n) is 4.43. The molecule has 2 heterocycles. The van der Waals surface area contributed by atoms with Gasteiger partial charge in [-0.1, -0.05) is 0 Å². The van der Waals surface area contributed by atoms with Gasteiger partial charge in [0.15, 0.2) is 5.54 Å². The molecule has 2 aliphatic rings.